The number of aliphatic hydroxyl groups is 3. The van der Waals surface area contributed by atoms with Crippen LogP contribution in [0.1, 0.15) is 6.92 Å². The van der Waals surface area contributed by atoms with Crippen molar-refractivity contribution >= 4 is 36.1 Å². The van der Waals surface area contributed by atoms with Crippen LogP contribution in [0.5, 0.6) is 0 Å². The Bertz CT molecular complexity index is 446. The minimum Gasteiger partial charge on any atom is -0.394 e. The fraction of sp³-hybridized carbons (Fsp3) is 0.667. The smallest absolute Gasteiger partial charge is 0.245 e. The molecular weight excluding hydrogens is 330 g/mol. The van der Waals surface area contributed by atoms with Gasteiger partial charge in [-0.2, -0.15) is 12.6 Å². The van der Waals surface area contributed by atoms with E-state index in [1.54, 1.807) is 0 Å². The largest absolute Gasteiger partial charge is 0.394 e. The number of amides is 3. The van der Waals surface area contributed by atoms with Crippen molar-refractivity contribution in [2.45, 2.75) is 25.0 Å². The van der Waals surface area contributed by atoms with Crippen molar-refractivity contribution in [3.63, 3.8) is 0 Å². The molecular formula is C12H21N3O7S. The summed E-state index contributed by atoms with van der Waals surface area (Å²) < 4.78 is 0. The lowest BCUT2D eigenvalue weighted by molar-refractivity contribution is -0.134. The van der Waals surface area contributed by atoms with Gasteiger partial charge in [0.15, 0.2) is 5.78 Å². The van der Waals surface area contributed by atoms with Gasteiger partial charge >= 0.3 is 0 Å². The minimum absolute atomic E-state index is 0.204. The fourth-order valence-corrected chi connectivity index (χ4v) is 1.54. The summed E-state index contributed by atoms with van der Waals surface area (Å²) in [5.41, 5.74) is 0. The molecule has 6 N–H and O–H groups in total. The van der Waals surface area contributed by atoms with E-state index in [0.717, 1.165) is 6.92 Å². The van der Waals surface area contributed by atoms with Crippen LogP contribution < -0.4 is 16.0 Å². The van der Waals surface area contributed by atoms with Gasteiger partial charge in [0.2, 0.25) is 17.7 Å². The number of hydrogen-bond acceptors (Lipinski definition) is 8. The zero-order valence-corrected chi connectivity index (χ0v) is 13.4. The van der Waals surface area contributed by atoms with Crippen molar-refractivity contribution in [1.29, 1.82) is 0 Å². The van der Waals surface area contributed by atoms with Crippen molar-refractivity contribution < 1.29 is 34.5 Å². The molecule has 0 saturated carbocycles. The van der Waals surface area contributed by atoms with Crippen LogP contribution >= 0.6 is 12.6 Å². The second kappa shape index (κ2) is 10.9. The first kappa shape index (κ1) is 21.3. The number of nitrogens with one attached hydrogen (secondary N) is 3. The van der Waals surface area contributed by atoms with Crippen molar-refractivity contribution in [3.05, 3.63) is 0 Å². The Balaban J connectivity index is 4.78. The molecule has 0 saturated heterocycles. The van der Waals surface area contributed by atoms with Gasteiger partial charge in [-0.15, -0.1) is 0 Å². The maximum Gasteiger partial charge on any atom is 0.245 e. The van der Waals surface area contributed by atoms with E-state index < -0.39 is 61.5 Å². The molecule has 0 aliphatic rings. The lowest BCUT2D eigenvalue weighted by Crippen LogP contribution is -2.58. The lowest BCUT2D eigenvalue weighted by atomic mass is 10.2. The summed E-state index contributed by atoms with van der Waals surface area (Å²) >= 11 is 3.70. The van der Waals surface area contributed by atoms with Gasteiger partial charge in [0.1, 0.15) is 18.1 Å². The first-order valence-corrected chi connectivity index (χ1v) is 7.27. The van der Waals surface area contributed by atoms with E-state index in [9.17, 15) is 19.2 Å². The third-order valence-corrected chi connectivity index (χ3v) is 3.07. The maximum atomic E-state index is 11.9. The second-order valence-corrected chi connectivity index (χ2v) is 4.88. The maximum absolute atomic E-state index is 11.9. The Morgan fingerprint density at radius 1 is 0.826 bits per heavy atom. The molecule has 0 aliphatic heterocycles. The van der Waals surface area contributed by atoms with Crippen molar-refractivity contribution in [2.24, 2.45) is 0 Å². The predicted molar refractivity (Wildman–Crippen MR) is 81.6 cm³/mol. The van der Waals surface area contributed by atoms with E-state index >= 15 is 0 Å². The highest BCUT2D eigenvalue weighted by Crippen LogP contribution is 1.92. The summed E-state index contributed by atoms with van der Waals surface area (Å²) in [6.45, 7) is -0.989. The molecule has 0 bridgehead atoms. The summed E-state index contributed by atoms with van der Waals surface area (Å²) in [6.07, 6.45) is 0. The van der Waals surface area contributed by atoms with E-state index in [1.165, 1.54) is 0 Å². The lowest BCUT2D eigenvalue weighted by Gasteiger charge is -2.22. The number of rotatable bonds is 10. The molecule has 3 amide bonds. The van der Waals surface area contributed by atoms with Gasteiger partial charge < -0.3 is 31.3 Å². The van der Waals surface area contributed by atoms with Gasteiger partial charge in [0.05, 0.1) is 25.6 Å². The quantitative estimate of drug-likeness (QED) is 0.197. The van der Waals surface area contributed by atoms with Gasteiger partial charge in [-0.3, -0.25) is 19.2 Å². The Morgan fingerprint density at radius 2 is 1.22 bits per heavy atom. The molecule has 0 rings (SSSR count). The summed E-state index contributed by atoms with van der Waals surface area (Å²) in [5, 5.41) is 33.7. The first-order chi connectivity index (χ1) is 10.8. The number of Topliss-reactive ketones (excluding diaryl/α,β-unsaturated/α-hetero) is 1. The van der Waals surface area contributed by atoms with Crippen LogP contribution in [0.2, 0.25) is 0 Å². The summed E-state index contributed by atoms with van der Waals surface area (Å²) in [4.78, 5) is 46.0. The number of aliphatic hydroxyl groups excluding tert-OH is 3. The molecule has 0 aromatic heterocycles. The Labute approximate surface area is 138 Å². The standard InChI is InChI=1S/C12H21N3O7S/c1-6(19)7(2-16)14-12(22)9(4-18)15-11(21)8(3-17)13-10(20)5-23/h7-9,16-18,23H,2-5H2,1H3,(H,13,20)(H,14,22)(H,15,21). The highest BCUT2D eigenvalue weighted by atomic mass is 32.1. The zero-order chi connectivity index (χ0) is 18.0. The number of thiol groups is 1. The van der Waals surface area contributed by atoms with Crippen LogP contribution in [0.3, 0.4) is 0 Å². The molecule has 23 heavy (non-hydrogen) atoms. The first-order valence-electron chi connectivity index (χ1n) is 6.64. The van der Waals surface area contributed by atoms with Crippen LogP contribution in [-0.4, -0.2) is 82.5 Å². The molecule has 0 radical (unpaired) electrons. The SMILES string of the molecule is CC(=O)C(CO)NC(=O)C(CO)NC(=O)C(CO)NC(=O)CS. The Hall–Kier alpha value is -1.69. The third kappa shape index (κ3) is 7.41. The van der Waals surface area contributed by atoms with Crippen LogP contribution in [0.15, 0.2) is 0 Å². The molecule has 0 aromatic carbocycles. The number of hydrogen-bond donors (Lipinski definition) is 7. The van der Waals surface area contributed by atoms with E-state index in [1.807, 2.05) is 0 Å². The number of carbonyl (C=O) groups is 4. The van der Waals surface area contributed by atoms with E-state index in [0.29, 0.717) is 0 Å². The highest BCUT2D eigenvalue weighted by molar-refractivity contribution is 7.81. The van der Waals surface area contributed by atoms with Crippen molar-refractivity contribution in [1.82, 2.24) is 16.0 Å². The van der Waals surface area contributed by atoms with Crippen LogP contribution in [0.25, 0.3) is 0 Å². The molecule has 3 unspecified atom stereocenters. The van der Waals surface area contributed by atoms with Gasteiger partial charge in [-0.1, -0.05) is 0 Å². The zero-order valence-electron chi connectivity index (χ0n) is 12.5. The van der Waals surface area contributed by atoms with E-state index in [4.69, 9.17) is 15.3 Å². The van der Waals surface area contributed by atoms with Gasteiger partial charge in [0, 0.05) is 0 Å². The van der Waals surface area contributed by atoms with Crippen LogP contribution in [0, 0.1) is 0 Å². The van der Waals surface area contributed by atoms with E-state index in [2.05, 4.69) is 28.6 Å². The number of carbonyl (C=O) groups excluding carboxylic acids is 4. The molecule has 10 nitrogen and oxygen atoms in total. The van der Waals surface area contributed by atoms with Gasteiger partial charge in [-0.05, 0) is 6.92 Å². The van der Waals surface area contributed by atoms with Crippen LogP contribution in [-0.2, 0) is 19.2 Å². The summed E-state index contributed by atoms with van der Waals surface area (Å²) in [7, 11) is 0. The molecule has 0 aliphatic carbocycles. The fourth-order valence-electron chi connectivity index (χ4n) is 1.45. The average molecular weight is 351 g/mol. The molecule has 0 spiro atoms. The van der Waals surface area contributed by atoms with E-state index in [-0.39, 0.29) is 5.75 Å². The highest BCUT2D eigenvalue weighted by Gasteiger charge is 2.27. The summed E-state index contributed by atoms with van der Waals surface area (Å²) in [6, 6.07) is -3.90. The van der Waals surface area contributed by atoms with Crippen molar-refractivity contribution in [3.8, 4) is 0 Å². The second-order valence-electron chi connectivity index (χ2n) is 4.56. The average Bonchev–Trinajstić information content (AvgIpc) is 2.53. The monoisotopic (exact) mass is 351 g/mol. The topological polar surface area (TPSA) is 165 Å². The molecule has 0 heterocycles. The Kier molecular flexibility index (Phi) is 10.1. The molecule has 132 valence electrons. The van der Waals surface area contributed by atoms with Gasteiger partial charge in [-0.25, -0.2) is 0 Å². The molecule has 0 fully saturated rings. The number of ketones is 1. The molecule has 11 heteroatoms. The van der Waals surface area contributed by atoms with Gasteiger partial charge in [0.25, 0.3) is 0 Å². The van der Waals surface area contributed by atoms with Crippen molar-refractivity contribution in [2.75, 3.05) is 25.6 Å². The third-order valence-electron chi connectivity index (χ3n) is 2.78. The molecule has 0 aromatic rings. The Morgan fingerprint density at radius 3 is 1.57 bits per heavy atom. The van der Waals surface area contributed by atoms with Crippen LogP contribution in [0.4, 0.5) is 0 Å². The predicted octanol–water partition coefficient (Wildman–Crippen LogP) is -4.06. The minimum atomic E-state index is -1.42. The summed E-state index contributed by atoms with van der Waals surface area (Å²) in [5.74, 6) is -3.11. The normalized spacial score (nSPS) is 14.3. The molecule has 3 atom stereocenters.